The average molecular weight is 417 g/mol. The molecule has 0 radical (unpaired) electrons. The van der Waals surface area contributed by atoms with E-state index < -0.39 is 27.7 Å². The summed E-state index contributed by atoms with van der Waals surface area (Å²) in [7, 11) is -3.95. The number of urea groups is 1. The molecule has 29 heavy (non-hydrogen) atoms. The molecule has 6 nitrogen and oxygen atoms in total. The molecule has 9 heteroatoms. The lowest BCUT2D eigenvalue weighted by molar-refractivity contribution is 0.262. The van der Waals surface area contributed by atoms with E-state index in [-0.39, 0.29) is 16.3 Å². The summed E-state index contributed by atoms with van der Waals surface area (Å²) in [6.45, 7) is 1.82. The molecular formula is C20H17F2N3O3S. The Labute approximate surface area is 166 Å². The monoisotopic (exact) mass is 417 g/mol. The quantitative estimate of drug-likeness (QED) is 0.561. The molecule has 3 N–H and O–H groups in total. The molecule has 2 amide bonds. The van der Waals surface area contributed by atoms with Crippen LogP contribution in [0.5, 0.6) is 0 Å². The minimum Gasteiger partial charge on any atom is -0.308 e. The third-order valence-electron chi connectivity index (χ3n) is 3.90. The van der Waals surface area contributed by atoms with Crippen molar-refractivity contribution in [2.45, 2.75) is 11.8 Å². The fraction of sp³-hybridized carbons (Fsp3) is 0.0500. The topological polar surface area (TPSA) is 87.3 Å². The minimum absolute atomic E-state index is 0.00313. The number of aryl methyl sites for hydroxylation is 1. The van der Waals surface area contributed by atoms with Crippen molar-refractivity contribution < 1.29 is 22.0 Å². The highest BCUT2D eigenvalue weighted by Crippen LogP contribution is 2.23. The van der Waals surface area contributed by atoms with Gasteiger partial charge in [0.2, 0.25) is 0 Å². The van der Waals surface area contributed by atoms with E-state index in [9.17, 15) is 22.0 Å². The normalized spacial score (nSPS) is 11.0. The van der Waals surface area contributed by atoms with Crippen molar-refractivity contribution >= 4 is 33.1 Å². The summed E-state index contributed by atoms with van der Waals surface area (Å²) in [5.74, 6) is -1.30. The molecular weight excluding hydrogens is 400 g/mol. The van der Waals surface area contributed by atoms with E-state index in [2.05, 4.69) is 15.4 Å². The molecule has 150 valence electrons. The maximum Gasteiger partial charge on any atom is 0.323 e. The number of hydrogen-bond acceptors (Lipinski definition) is 3. The first kappa shape index (κ1) is 20.3. The number of halogens is 2. The molecule has 0 bridgehead atoms. The summed E-state index contributed by atoms with van der Waals surface area (Å²) in [6.07, 6.45) is 0. The fourth-order valence-electron chi connectivity index (χ4n) is 2.42. The first-order valence-electron chi connectivity index (χ1n) is 8.45. The van der Waals surface area contributed by atoms with Gasteiger partial charge in [-0.15, -0.1) is 0 Å². The van der Waals surface area contributed by atoms with Crippen LogP contribution in [-0.2, 0) is 10.0 Å². The lowest BCUT2D eigenvalue weighted by Crippen LogP contribution is -2.19. The van der Waals surface area contributed by atoms with Crippen LogP contribution in [0, 0.1) is 18.6 Å². The Bertz CT molecular complexity index is 1130. The van der Waals surface area contributed by atoms with Gasteiger partial charge < -0.3 is 10.6 Å². The summed E-state index contributed by atoms with van der Waals surface area (Å²) in [5.41, 5.74) is 1.10. The van der Waals surface area contributed by atoms with Gasteiger partial charge in [0.15, 0.2) is 0 Å². The van der Waals surface area contributed by atoms with Gasteiger partial charge in [0, 0.05) is 11.4 Å². The SMILES string of the molecule is Cc1ccc(S(=O)(=O)Nc2ccc(NC(=O)Nc3ccc(F)cc3)cc2F)cc1. The standard InChI is InChI=1S/C20H17F2N3O3S/c1-13-2-9-17(10-3-13)29(27,28)25-19-11-8-16(12-18(19)22)24-20(26)23-15-6-4-14(21)5-7-15/h2-12,25H,1H3,(H2,23,24,26). The molecule has 0 spiro atoms. The zero-order valence-electron chi connectivity index (χ0n) is 15.2. The number of benzene rings is 3. The van der Waals surface area contributed by atoms with Crippen LogP contribution in [-0.4, -0.2) is 14.4 Å². The molecule has 3 aromatic rings. The molecule has 0 unspecified atom stereocenters. The van der Waals surface area contributed by atoms with Gasteiger partial charge in [-0.2, -0.15) is 0 Å². The first-order valence-corrected chi connectivity index (χ1v) is 9.94. The molecule has 0 saturated carbocycles. The highest BCUT2D eigenvalue weighted by Gasteiger charge is 2.16. The fourth-order valence-corrected chi connectivity index (χ4v) is 3.49. The predicted octanol–water partition coefficient (Wildman–Crippen LogP) is 4.72. The number of anilines is 3. The highest BCUT2D eigenvalue weighted by atomic mass is 32.2. The average Bonchev–Trinajstić information content (AvgIpc) is 2.66. The second-order valence-corrected chi connectivity index (χ2v) is 7.88. The maximum atomic E-state index is 14.3. The smallest absolute Gasteiger partial charge is 0.308 e. The van der Waals surface area contributed by atoms with Crippen LogP contribution in [0.4, 0.5) is 30.6 Å². The van der Waals surface area contributed by atoms with Gasteiger partial charge in [-0.25, -0.2) is 22.0 Å². The van der Waals surface area contributed by atoms with Crippen molar-refractivity contribution in [3.05, 3.63) is 83.9 Å². The Morgan fingerprint density at radius 1 is 0.828 bits per heavy atom. The zero-order chi connectivity index (χ0) is 21.0. The van der Waals surface area contributed by atoms with Gasteiger partial charge in [0.25, 0.3) is 10.0 Å². The van der Waals surface area contributed by atoms with Crippen LogP contribution in [0.25, 0.3) is 0 Å². The summed E-state index contributed by atoms with van der Waals surface area (Å²) in [5, 5.41) is 4.88. The number of hydrogen-bond donors (Lipinski definition) is 3. The summed E-state index contributed by atoms with van der Waals surface area (Å²) in [4.78, 5) is 12.0. The Morgan fingerprint density at radius 2 is 1.41 bits per heavy atom. The Kier molecular flexibility index (Phi) is 5.79. The molecule has 3 aromatic carbocycles. The minimum atomic E-state index is -3.95. The number of rotatable bonds is 5. The Hall–Kier alpha value is -3.46. The lowest BCUT2D eigenvalue weighted by Gasteiger charge is -2.11. The summed E-state index contributed by atoms with van der Waals surface area (Å²) >= 11 is 0. The molecule has 0 saturated heterocycles. The van der Waals surface area contributed by atoms with Crippen LogP contribution in [0.3, 0.4) is 0 Å². The van der Waals surface area contributed by atoms with E-state index in [4.69, 9.17) is 0 Å². The van der Waals surface area contributed by atoms with E-state index in [0.717, 1.165) is 11.6 Å². The van der Waals surface area contributed by atoms with Gasteiger partial charge in [0.1, 0.15) is 11.6 Å². The number of amides is 2. The van der Waals surface area contributed by atoms with E-state index in [0.29, 0.717) is 5.69 Å². The van der Waals surface area contributed by atoms with Gasteiger partial charge >= 0.3 is 6.03 Å². The zero-order valence-corrected chi connectivity index (χ0v) is 16.1. The molecule has 0 fully saturated rings. The second kappa shape index (κ2) is 8.27. The largest absolute Gasteiger partial charge is 0.323 e. The Morgan fingerprint density at radius 3 is 2.03 bits per heavy atom. The molecule has 0 aliphatic heterocycles. The first-order chi connectivity index (χ1) is 13.7. The third kappa shape index (κ3) is 5.29. The van der Waals surface area contributed by atoms with Gasteiger partial charge in [-0.1, -0.05) is 17.7 Å². The number of carbonyl (C=O) groups excluding carboxylic acids is 1. The second-order valence-electron chi connectivity index (χ2n) is 6.20. The predicted molar refractivity (Wildman–Crippen MR) is 107 cm³/mol. The maximum absolute atomic E-state index is 14.3. The van der Waals surface area contributed by atoms with Crippen molar-refractivity contribution in [1.82, 2.24) is 0 Å². The molecule has 0 aromatic heterocycles. The molecule has 0 aliphatic carbocycles. The van der Waals surface area contributed by atoms with Crippen LogP contribution in [0.15, 0.2) is 71.6 Å². The van der Waals surface area contributed by atoms with E-state index in [1.54, 1.807) is 12.1 Å². The molecule has 3 rings (SSSR count). The van der Waals surface area contributed by atoms with Crippen LogP contribution in [0.2, 0.25) is 0 Å². The van der Waals surface area contributed by atoms with Crippen LogP contribution < -0.4 is 15.4 Å². The highest BCUT2D eigenvalue weighted by molar-refractivity contribution is 7.92. The van der Waals surface area contributed by atoms with Crippen molar-refractivity contribution in [2.24, 2.45) is 0 Å². The van der Waals surface area contributed by atoms with E-state index in [1.165, 1.54) is 48.5 Å². The van der Waals surface area contributed by atoms with E-state index >= 15 is 0 Å². The Balaban J connectivity index is 1.68. The number of carbonyl (C=O) groups is 1. The number of sulfonamides is 1. The van der Waals surface area contributed by atoms with Crippen LogP contribution in [0.1, 0.15) is 5.56 Å². The molecule has 0 aliphatic rings. The summed E-state index contributed by atoms with van der Waals surface area (Å²) in [6, 6.07) is 14.1. The van der Waals surface area contributed by atoms with Gasteiger partial charge in [-0.05, 0) is 61.5 Å². The van der Waals surface area contributed by atoms with Gasteiger partial charge in [0.05, 0.1) is 10.6 Å². The van der Waals surface area contributed by atoms with Crippen molar-refractivity contribution in [3.8, 4) is 0 Å². The van der Waals surface area contributed by atoms with Crippen molar-refractivity contribution in [3.63, 3.8) is 0 Å². The summed E-state index contributed by atoms with van der Waals surface area (Å²) < 4.78 is 54.1. The molecule has 0 atom stereocenters. The van der Waals surface area contributed by atoms with Crippen molar-refractivity contribution in [2.75, 3.05) is 15.4 Å². The third-order valence-corrected chi connectivity index (χ3v) is 5.29. The van der Waals surface area contributed by atoms with Crippen LogP contribution >= 0.6 is 0 Å². The van der Waals surface area contributed by atoms with Gasteiger partial charge in [-0.3, -0.25) is 4.72 Å². The number of nitrogens with one attached hydrogen (secondary N) is 3. The molecule has 0 heterocycles. The lowest BCUT2D eigenvalue weighted by atomic mass is 10.2. The van der Waals surface area contributed by atoms with Crippen molar-refractivity contribution in [1.29, 1.82) is 0 Å². The van der Waals surface area contributed by atoms with E-state index in [1.807, 2.05) is 6.92 Å².